The second-order valence-electron chi connectivity index (χ2n) is 6.60. The fraction of sp³-hybridized carbons (Fsp3) is 0.500. The van der Waals surface area contributed by atoms with Crippen molar-refractivity contribution in [2.45, 2.75) is 40.5 Å². The van der Waals surface area contributed by atoms with Crippen molar-refractivity contribution in [1.29, 1.82) is 0 Å². The molecule has 0 spiro atoms. The summed E-state index contributed by atoms with van der Waals surface area (Å²) < 4.78 is 0. The lowest BCUT2D eigenvalue weighted by molar-refractivity contribution is -0.137. The van der Waals surface area contributed by atoms with E-state index in [0.29, 0.717) is 18.1 Å². The molecular weight excluding hydrogens is 360 g/mol. The third-order valence-electron chi connectivity index (χ3n) is 3.28. The Morgan fingerprint density at radius 2 is 1.96 bits per heavy atom. The Balaban J connectivity index is 2.02. The summed E-state index contributed by atoms with van der Waals surface area (Å²) in [5, 5.41) is 17.8. The highest BCUT2D eigenvalue weighted by Gasteiger charge is 2.23. The Morgan fingerprint density at radius 3 is 2.60 bits per heavy atom. The minimum Gasteiger partial charge on any atom is -0.481 e. The van der Waals surface area contributed by atoms with Gasteiger partial charge in [0.1, 0.15) is 0 Å². The first kappa shape index (κ1) is 19.3. The molecule has 2 aromatic heterocycles. The number of hydrogen-bond acceptors (Lipinski definition) is 7. The lowest BCUT2D eigenvalue weighted by atomic mass is 9.96. The molecule has 0 aromatic carbocycles. The maximum absolute atomic E-state index is 12.1. The van der Waals surface area contributed by atoms with Crippen molar-refractivity contribution < 1.29 is 14.7 Å². The molecule has 25 heavy (non-hydrogen) atoms. The van der Waals surface area contributed by atoms with Gasteiger partial charge in [0.05, 0.1) is 16.3 Å². The molecule has 0 unspecified atom stereocenters. The normalized spacial score (nSPS) is 11.4. The van der Waals surface area contributed by atoms with Gasteiger partial charge in [-0.1, -0.05) is 32.1 Å². The quantitative estimate of drug-likeness (QED) is 0.629. The second kappa shape index (κ2) is 7.92. The number of nitrogens with zero attached hydrogens (tertiary/aromatic N) is 2. The molecule has 136 valence electrons. The maximum Gasteiger partial charge on any atom is 0.303 e. The van der Waals surface area contributed by atoms with E-state index in [2.05, 4.69) is 20.6 Å². The van der Waals surface area contributed by atoms with Gasteiger partial charge in [0.2, 0.25) is 5.91 Å². The highest BCUT2D eigenvalue weighted by atomic mass is 32.1. The second-order valence-corrected chi connectivity index (χ2v) is 8.46. The largest absolute Gasteiger partial charge is 0.481 e. The zero-order valence-electron chi connectivity index (χ0n) is 14.7. The number of amides is 1. The molecule has 0 saturated heterocycles. The zero-order valence-corrected chi connectivity index (χ0v) is 16.3. The summed E-state index contributed by atoms with van der Waals surface area (Å²) in [6.45, 7) is 8.01. The lowest BCUT2D eigenvalue weighted by Crippen LogP contribution is -2.27. The van der Waals surface area contributed by atoms with Crippen LogP contribution in [0.5, 0.6) is 0 Å². The van der Waals surface area contributed by atoms with Crippen LogP contribution in [0.15, 0.2) is 5.38 Å². The fourth-order valence-corrected chi connectivity index (χ4v) is 3.59. The van der Waals surface area contributed by atoms with Crippen LogP contribution in [0.3, 0.4) is 0 Å². The SMILES string of the molecule is Cc1nc(NC(=O)C(C)(C)C)sc1-c1csc(NCCCC(=O)O)n1. The molecule has 7 nitrogen and oxygen atoms in total. The minimum atomic E-state index is -0.799. The number of aliphatic carboxylic acids is 1. The molecule has 0 aliphatic rings. The van der Waals surface area contributed by atoms with Crippen molar-refractivity contribution in [2.24, 2.45) is 5.41 Å². The van der Waals surface area contributed by atoms with Crippen LogP contribution in [0.4, 0.5) is 10.3 Å². The highest BCUT2D eigenvalue weighted by molar-refractivity contribution is 7.19. The van der Waals surface area contributed by atoms with E-state index in [1.54, 1.807) is 0 Å². The molecule has 0 bridgehead atoms. The number of nitrogens with one attached hydrogen (secondary N) is 2. The molecule has 2 rings (SSSR count). The molecule has 2 aromatic rings. The van der Waals surface area contributed by atoms with Gasteiger partial charge in [0.15, 0.2) is 10.3 Å². The summed E-state index contributed by atoms with van der Waals surface area (Å²) in [6.07, 6.45) is 0.683. The molecule has 9 heteroatoms. The summed E-state index contributed by atoms with van der Waals surface area (Å²) in [5.41, 5.74) is 1.14. The van der Waals surface area contributed by atoms with Crippen LogP contribution in [0.2, 0.25) is 0 Å². The molecule has 1 amide bonds. The molecule has 0 atom stereocenters. The fourth-order valence-electron chi connectivity index (χ4n) is 1.87. The third kappa shape index (κ3) is 5.50. The molecular formula is C16H22N4O3S2. The van der Waals surface area contributed by atoms with E-state index in [9.17, 15) is 9.59 Å². The molecule has 0 fully saturated rings. The molecule has 2 heterocycles. The van der Waals surface area contributed by atoms with Crippen LogP contribution in [0, 0.1) is 12.3 Å². The van der Waals surface area contributed by atoms with Crippen LogP contribution in [-0.2, 0) is 9.59 Å². The number of rotatable bonds is 7. The van der Waals surface area contributed by atoms with E-state index in [1.165, 1.54) is 22.7 Å². The number of thiazole rings is 2. The number of aromatic nitrogens is 2. The predicted octanol–water partition coefficient (Wildman–Crippen LogP) is 3.84. The smallest absolute Gasteiger partial charge is 0.303 e. The van der Waals surface area contributed by atoms with E-state index in [0.717, 1.165) is 21.4 Å². The van der Waals surface area contributed by atoms with Gasteiger partial charge in [-0.2, -0.15) is 0 Å². The van der Waals surface area contributed by atoms with Crippen molar-refractivity contribution in [2.75, 3.05) is 17.2 Å². The highest BCUT2D eigenvalue weighted by Crippen LogP contribution is 2.35. The Labute approximate surface area is 154 Å². The van der Waals surface area contributed by atoms with Crippen molar-refractivity contribution in [3.05, 3.63) is 11.1 Å². The van der Waals surface area contributed by atoms with E-state index in [1.807, 2.05) is 33.1 Å². The van der Waals surface area contributed by atoms with Crippen LogP contribution in [0.1, 0.15) is 39.3 Å². The average Bonchev–Trinajstić information content (AvgIpc) is 3.09. The van der Waals surface area contributed by atoms with Crippen LogP contribution in [0.25, 0.3) is 10.6 Å². The van der Waals surface area contributed by atoms with Gasteiger partial charge in [0, 0.05) is 23.8 Å². The zero-order chi connectivity index (χ0) is 18.6. The minimum absolute atomic E-state index is 0.0770. The predicted molar refractivity (Wildman–Crippen MR) is 101 cm³/mol. The van der Waals surface area contributed by atoms with Crippen molar-refractivity contribution in [1.82, 2.24) is 9.97 Å². The standard InChI is InChI=1S/C16H22N4O3S2/c1-9-12(25-15(18-9)20-13(23)16(2,3)4)10-8-24-14(19-10)17-7-5-6-11(21)22/h8H,5-7H2,1-4H3,(H,17,19)(H,21,22)(H,18,20,23). The number of anilines is 2. The number of carboxylic acid groups (broad SMARTS) is 1. The van der Waals surface area contributed by atoms with E-state index >= 15 is 0 Å². The topological polar surface area (TPSA) is 104 Å². The van der Waals surface area contributed by atoms with Gasteiger partial charge < -0.3 is 15.7 Å². The average molecular weight is 383 g/mol. The van der Waals surface area contributed by atoms with E-state index < -0.39 is 11.4 Å². The number of carbonyl (C=O) groups is 2. The van der Waals surface area contributed by atoms with Gasteiger partial charge in [-0.3, -0.25) is 9.59 Å². The van der Waals surface area contributed by atoms with Gasteiger partial charge in [-0.25, -0.2) is 9.97 Å². The Bertz CT molecular complexity index is 762. The van der Waals surface area contributed by atoms with Crippen molar-refractivity contribution >= 4 is 44.8 Å². The number of hydrogen-bond donors (Lipinski definition) is 3. The van der Waals surface area contributed by atoms with E-state index in [4.69, 9.17) is 5.11 Å². The van der Waals surface area contributed by atoms with Crippen molar-refractivity contribution in [3.8, 4) is 10.6 Å². The third-order valence-corrected chi connectivity index (χ3v) is 5.17. The Kier molecular flexibility index (Phi) is 6.12. The summed E-state index contributed by atoms with van der Waals surface area (Å²) in [7, 11) is 0. The van der Waals surface area contributed by atoms with E-state index in [-0.39, 0.29) is 12.3 Å². The molecule has 0 radical (unpaired) electrons. The summed E-state index contributed by atoms with van der Waals surface area (Å²) in [4.78, 5) is 32.4. The Hall–Kier alpha value is -2.00. The van der Waals surface area contributed by atoms with Gasteiger partial charge >= 0.3 is 5.97 Å². The van der Waals surface area contributed by atoms with Crippen LogP contribution < -0.4 is 10.6 Å². The summed E-state index contributed by atoms with van der Waals surface area (Å²) >= 11 is 2.86. The van der Waals surface area contributed by atoms with Gasteiger partial charge in [-0.05, 0) is 13.3 Å². The van der Waals surface area contributed by atoms with Crippen molar-refractivity contribution in [3.63, 3.8) is 0 Å². The van der Waals surface area contributed by atoms with Crippen LogP contribution >= 0.6 is 22.7 Å². The van der Waals surface area contributed by atoms with Gasteiger partial charge in [-0.15, -0.1) is 11.3 Å². The Morgan fingerprint density at radius 1 is 1.24 bits per heavy atom. The molecule has 0 aliphatic carbocycles. The first-order chi connectivity index (χ1) is 11.7. The van der Waals surface area contributed by atoms with Crippen LogP contribution in [-0.4, -0.2) is 33.5 Å². The summed E-state index contributed by atoms with van der Waals surface area (Å²) in [6, 6.07) is 0. The number of carboxylic acids is 1. The summed E-state index contributed by atoms with van der Waals surface area (Å²) in [5.74, 6) is -0.876. The first-order valence-electron chi connectivity index (χ1n) is 7.87. The lowest BCUT2D eigenvalue weighted by Gasteiger charge is -2.15. The monoisotopic (exact) mass is 382 g/mol. The molecule has 0 saturated carbocycles. The molecule has 0 aliphatic heterocycles. The molecule has 3 N–H and O–H groups in total. The first-order valence-corrected chi connectivity index (χ1v) is 9.57. The maximum atomic E-state index is 12.1. The number of aryl methyl sites for hydroxylation is 1. The number of carbonyl (C=O) groups excluding carboxylic acids is 1. The van der Waals surface area contributed by atoms with Gasteiger partial charge in [0.25, 0.3) is 0 Å².